The van der Waals surface area contributed by atoms with Crippen LogP contribution in [-0.2, 0) is 30.3 Å². The summed E-state index contributed by atoms with van der Waals surface area (Å²) < 4.78 is 22.4. The maximum absolute atomic E-state index is 13.2. The number of rotatable bonds is 8. The van der Waals surface area contributed by atoms with E-state index >= 15 is 0 Å². The van der Waals surface area contributed by atoms with Gasteiger partial charge in [-0.1, -0.05) is 36.4 Å². The molecule has 0 aliphatic carbocycles. The van der Waals surface area contributed by atoms with Crippen molar-refractivity contribution in [3.63, 3.8) is 0 Å². The molecule has 212 valence electrons. The Morgan fingerprint density at radius 1 is 0.949 bits per heavy atom. The standard InChI is InChI=1S/C29H39N3O7/c1-28(2,3)38-25(33)20-36-23-16-22(31(18-23)26(34)37-19-21-12-8-7-9-13-21)17-32(24-14-10-11-15-30-24)27(35)39-29(4,5)6/h7-15,22-23H,16-20H2,1-6H3/t22-,23+/m0/s1. The summed E-state index contributed by atoms with van der Waals surface area (Å²) in [4.78, 5) is 45.9. The number of pyridine rings is 1. The Bertz CT molecular complexity index is 1100. The first-order chi connectivity index (χ1) is 18.3. The fourth-order valence-electron chi connectivity index (χ4n) is 4.05. The van der Waals surface area contributed by atoms with Gasteiger partial charge in [-0.15, -0.1) is 0 Å². The summed E-state index contributed by atoms with van der Waals surface area (Å²) >= 11 is 0. The minimum absolute atomic E-state index is 0.0959. The lowest BCUT2D eigenvalue weighted by atomic mass is 10.2. The molecule has 1 saturated heterocycles. The molecular weight excluding hydrogens is 502 g/mol. The van der Waals surface area contributed by atoms with Crippen LogP contribution in [0.2, 0.25) is 0 Å². The van der Waals surface area contributed by atoms with E-state index in [2.05, 4.69) is 4.98 Å². The van der Waals surface area contributed by atoms with Gasteiger partial charge >= 0.3 is 18.2 Å². The number of carbonyl (C=O) groups excluding carboxylic acids is 3. The number of esters is 1. The Hall–Kier alpha value is -3.66. The van der Waals surface area contributed by atoms with Gasteiger partial charge in [0.1, 0.15) is 30.2 Å². The second kappa shape index (κ2) is 12.9. The lowest BCUT2D eigenvalue weighted by molar-refractivity contribution is -0.162. The molecule has 39 heavy (non-hydrogen) atoms. The van der Waals surface area contributed by atoms with Crippen LogP contribution in [0.3, 0.4) is 0 Å². The summed E-state index contributed by atoms with van der Waals surface area (Å²) in [5.41, 5.74) is -0.515. The highest BCUT2D eigenvalue weighted by Crippen LogP contribution is 2.26. The topological polar surface area (TPSA) is 108 Å². The Kier molecular flexibility index (Phi) is 9.91. The van der Waals surface area contributed by atoms with Gasteiger partial charge in [0.05, 0.1) is 25.2 Å². The van der Waals surface area contributed by atoms with Crippen molar-refractivity contribution in [2.75, 3.05) is 24.6 Å². The van der Waals surface area contributed by atoms with Crippen molar-refractivity contribution < 1.29 is 33.3 Å². The Balaban J connectivity index is 1.77. The van der Waals surface area contributed by atoms with Gasteiger partial charge in [-0.3, -0.25) is 4.90 Å². The maximum Gasteiger partial charge on any atom is 0.416 e. The molecule has 1 aliphatic rings. The molecule has 2 aromatic rings. The predicted octanol–water partition coefficient (Wildman–Crippen LogP) is 4.96. The zero-order valence-corrected chi connectivity index (χ0v) is 23.6. The molecule has 1 fully saturated rings. The Labute approximate surface area is 230 Å². The van der Waals surface area contributed by atoms with Gasteiger partial charge < -0.3 is 23.8 Å². The van der Waals surface area contributed by atoms with Crippen LogP contribution in [0, 0.1) is 0 Å². The van der Waals surface area contributed by atoms with Crippen LogP contribution in [0.1, 0.15) is 53.5 Å². The molecule has 1 aromatic carbocycles. The lowest BCUT2D eigenvalue weighted by Crippen LogP contribution is -2.47. The molecule has 0 bridgehead atoms. The smallest absolute Gasteiger partial charge is 0.416 e. The minimum Gasteiger partial charge on any atom is -0.458 e. The van der Waals surface area contributed by atoms with Crippen molar-refractivity contribution in [3.05, 3.63) is 60.3 Å². The van der Waals surface area contributed by atoms with Crippen molar-refractivity contribution in [3.8, 4) is 0 Å². The first-order valence-electron chi connectivity index (χ1n) is 13.0. The number of carbonyl (C=O) groups is 3. The largest absolute Gasteiger partial charge is 0.458 e. The van der Waals surface area contributed by atoms with E-state index in [9.17, 15) is 14.4 Å². The molecule has 0 saturated carbocycles. The summed E-state index contributed by atoms with van der Waals surface area (Å²) in [5.74, 6) is -0.101. The summed E-state index contributed by atoms with van der Waals surface area (Å²) in [6, 6.07) is 14.1. The van der Waals surface area contributed by atoms with Crippen molar-refractivity contribution >= 4 is 24.0 Å². The number of ether oxygens (including phenoxy) is 4. The fourth-order valence-corrected chi connectivity index (χ4v) is 4.05. The van der Waals surface area contributed by atoms with Gasteiger partial charge in [0.2, 0.25) is 0 Å². The van der Waals surface area contributed by atoms with Crippen molar-refractivity contribution in [2.24, 2.45) is 0 Å². The molecule has 2 amide bonds. The van der Waals surface area contributed by atoms with Crippen molar-refractivity contribution in [2.45, 2.75) is 77.9 Å². The van der Waals surface area contributed by atoms with E-state index in [-0.39, 0.29) is 26.3 Å². The molecular formula is C29H39N3O7. The average Bonchev–Trinajstić information content (AvgIpc) is 3.26. The Morgan fingerprint density at radius 3 is 2.23 bits per heavy atom. The third-order valence-electron chi connectivity index (χ3n) is 5.61. The zero-order chi connectivity index (χ0) is 28.6. The van der Waals surface area contributed by atoms with Crippen LogP contribution in [0.25, 0.3) is 0 Å². The van der Waals surface area contributed by atoms with Crippen LogP contribution >= 0.6 is 0 Å². The van der Waals surface area contributed by atoms with Crippen LogP contribution in [-0.4, -0.2) is 71.1 Å². The van der Waals surface area contributed by atoms with E-state index in [1.807, 2.05) is 30.3 Å². The first-order valence-corrected chi connectivity index (χ1v) is 13.0. The number of aromatic nitrogens is 1. The fraction of sp³-hybridized carbons (Fsp3) is 0.517. The number of anilines is 1. The van der Waals surface area contributed by atoms with Gasteiger partial charge in [-0.25, -0.2) is 19.4 Å². The van der Waals surface area contributed by atoms with Crippen molar-refractivity contribution in [1.29, 1.82) is 0 Å². The maximum atomic E-state index is 13.2. The highest BCUT2D eigenvalue weighted by molar-refractivity contribution is 5.87. The molecule has 0 unspecified atom stereocenters. The second-order valence-electron chi connectivity index (χ2n) is 11.4. The zero-order valence-electron chi connectivity index (χ0n) is 23.6. The molecule has 10 nitrogen and oxygen atoms in total. The second-order valence-corrected chi connectivity index (χ2v) is 11.4. The van der Waals surface area contributed by atoms with E-state index < -0.39 is 41.5 Å². The minimum atomic E-state index is -0.729. The number of hydrogen-bond acceptors (Lipinski definition) is 8. The molecule has 0 radical (unpaired) electrons. The molecule has 1 aliphatic heterocycles. The van der Waals surface area contributed by atoms with E-state index in [4.69, 9.17) is 18.9 Å². The van der Waals surface area contributed by atoms with Gasteiger partial charge in [-0.05, 0) is 65.7 Å². The van der Waals surface area contributed by atoms with Crippen LogP contribution in [0.5, 0.6) is 0 Å². The van der Waals surface area contributed by atoms with E-state index in [1.54, 1.807) is 65.9 Å². The van der Waals surface area contributed by atoms with Gasteiger partial charge in [0.25, 0.3) is 0 Å². The van der Waals surface area contributed by atoms with Gasteiger partial charge in [-0.2, -0.15) is 0 Å². The summed E-state index contributed by atoms with van der Waals surface area (Å²) in [6.07, 6.45) is 0.361. The van der Waals surface area contributed by atoms with E-state index in [0.29, 0.717) is 12.2 Å². The highest BCUT2D eigenvalue weighted by atomic mass is 16.6. The molecule has 3 rings (SSSR count). The monoisotopic (exact) mass is 541 g/mol. The normalized spacial score (nSPS) is 17.4. The Morgan fingerprint density at radius 2 is 1.62 bits per heavy atom. The summed E-state index contributed by atoms with van der Waals surface area (Å²) in [5, 5.41) is 0. The number of amides is 2. The highest BCUT2D eigenvalue weighted by Gasteiger charge is 2.40. The molecule has 2 heterocycles. The first kappa shape index (κ1) is 29.9. The summed E-state index contributed by atoms with van der Waals surface area (Å²) in [7, 11) is 0. The lowest BCUT2D eigenvalue weighted by Gasteiger charge is -2.31. The third-order valence-corrected chi connectivity index (χ3v) is 5.61. The number of hydrogen-bond donors (Lipinski definition) is 0. The van der Waals surface area contributed by atoms with E-state index in [1.165, 1.54) is 9.80 Å². The average molecular weight is 542 g/mol. The van der Waals surface area contributed by atoms with Crippen LogP contribution in [0.4, 0.5) is 15.4 Å². The third kappa shape index (κ3) is 9.86. The van der Waals surface area contributed by atoms with Gasteiger partial charge in [0, 0.05) is 6.20 Å². The van der Waals surface area contributed by atoms with Gasteiger partial charge in [0.15, 0.2) is 0 Å². The molecule has 0 spiro atoms. The number of benzene rings is 1. The summed E-state index contributed by atoms with van der Waals surface area (Å²) in [6.45, 7) is 10.8. The molecule has 10 heteroatoms. The number of nitrogens with zero attached hydrogens (tertiary/aromatic N) is 3. The van der Waals surface area contributed by atoms with Crippen LogP contribution < -0.4 is 4.90 Å². The van der Waals surface area contributed by atoms with Crippen molar-refractivity contribution in [1.82, 2.24) is 9.88 Å². The van der Waals surface area contributed by atoms with Crippen LogP contribution in [0.15, 0.2) is 54.7 Å². The molecule has 0 N–H and O–H groups in total. The quantitative estimate of drug-likeness (QED) is 0.341. The SMILES string of the molecule is CC(C)(C)OC(=O)CO[C@@H]1C[C@@H](CN(C(=O)OC(C)(C)C)c2ccccn2)N(C(=O)OCc2ccccc2)C1. The van der Waals surface area contributed by atoms with E-state index in [0.717, 1.165) is 5.56 Å². The predicted molar refractivity (Wildman–Crippen MR) is 145 cm³/mol. The molecule has 2 atom stereocenters. The number of likely N-dealkylation sites (tertiary alicyclic amines) is 1. The molecule has 1 aromatic heterocycles.